The van der Waals surface area contributed by atoms with Gasteiger partial charge in [0.1, 0.15) is 0 Å². The zero-order chi connectivity index (χ0) is 13.1. The van der Waals surface area contributed by atoms with Gasteiger partial charge in [-0.15, -0.1) is 0 Å². The third-order valence-corrected chi connectivity index (χ3v) is 2.82. The van der Waals surface area contributed by atoms with Gasteiger partial charge < -0.3 is 20.1 Å². The average Bonchev–Trinajstić information content (AvgIpc) is 2.15. The Kier molecular flexibility index (Phi) is 4.91. The molecule has 1 saturated heterocycles. The van der Waals surface area contributed by atoms with Crippen LogP contribution in [0.5, 0.6) is 0 Å². The van der Waals surface area contributed by atoms with Crippen LogP contribution in [0.4, 0.5) is 0 Å². The molecule has 0 radical (unpaired) electrons. The van der Waals surface area contributed by atoms with Gasteiger partial charge in [-0.05, 0) is 26.8 Å². The van der Waals surface area contributed by atoms with Crippen molar-refractivity contribution in [3.63, 3.8) is 0 Å². The van der Waals surface area contributed by atoms with Crippen LogP contribution in [-0.2, 0) is 14.3 Å². The van der Waals surface area contributed by atoms with Crippen LogP contribution >= 0.6 is 0 Å². The average molecular weight is 244 g/mol. The second kappa shape index (κ2) is 5.80. The number of rotatable bonds is 4. The van der Waals surface area contributed by atoms with Gasteiger partial charge in [-0.25, -0.2) is 0 Å². The van der Waals surface area contributed by atoms with Crippen LogP contribution < -0.4 is 5.73 Å². The van der Waals surface area contributed by atoms with E-state index >= 15 is 0 Å². The molecule has 0 aromatic heterocycles. The smallest absolute Gasteiger partial charge is 0.224 e. The van der Waals surface area contributed by atoms with Gasteiger partial charge in [0, 0.05) is 20.5 Å². The molecule has 17 heavy (non-hydrogen) atoms. The highest BCUT2D eigenvalue weighted by atomic mass is 16.7. The van der Waals surface area contributed by atoms with Crippen molar-refractivity contribution < 1.29 is 14.3 Å². The minimum absolute atomic E-state index is 0.0785. The molecule has 0 bridgehead atoms. The summed E-state index contributed by atoms with van der Waals surface area (Å²) in [6.07, 6.45) is 1.95. The molecule has 5 nitrogen and oxygen atoms in total. The molecular weight excluding hydrogens is 220 g/mol. The molecule has 0 aromatic carbocycles. The predicted molar refractivity (Wildman–Crippen MR) is 65.4 cm³/mol. The first-order valence-corrected chi connectivity index (χ1v) is 6.10. The van der Waals surface area contributed by atoms with E-state index in [1.54, 1.807) is 19.0 Å². The molecule has 0 saturated carbocycles. The molecule has 0 unspecified atom stereocenters. The molecule has 1 amide bonds. The molecule has 5 heteroatoms. The normalized spacial score (nSPS) is 27.8. The molecule has 1 aliphatic heterocycles. The van der Waals surface area contributed by atoms with Crippen molar-refractivity contribution in [2.24, 2.45) is 5.73 Å². The lowest BCUT2D eigenvalue weighted by molar-refractivity contribution is -0.299. The fourth-order valence-corrected chi connectivity index (χ4v) is 2.08. The van der Waals surface area contributed by atoms with Gasteiger partial charge in [-0.2, -0.15) is 0 Å². The molecule has 2 atom stereocenters. The quantitative estimate of drug-likeness (QED) is 0.791. The fourth-order valence-electron chi connectivity index (χ4n) is 2.08. The molecule has 0 aliphatic carbocycles. The molecule has 1 aliphatic rings. The second-order valence-corrected chi connectivity index (χ2v) is 5.18. The lowest BCUT2D eigenvalue weighted by Gasteiger charge is -2.40. The molecule has 100 valence electrons. The van der Waals surface area contributed by atoms with Crippen molar-refractivity contribution in [1.82, 2.24) is 4.90 Å². The van der Waals surface area contributed by atoms with E-state index in [-0.39, 0.29) is 18.1 Å². The Hall–Kier alpha value is -0.650. The monoisotopic (exact) mass is 244 g/mol. The van der Waals surface area contributed by atoms with Crippen molar-refractivity contribution in [3.05, 3.63) is 0 Å². The summed E-state index contributed by atoms with van der Waals surface area (Å²) in [6, 6.07) is 0. The minimum atomic E-state index is -0.630. The summed E-state index contributed by atoms with van der Waals surface area (Å²) in [7, 11) is 3.51. The maximum absolute atomic E-state index is 11.7. The van der Waals surface area contributed by atoms with Gasteiger partial charge in [-0.3, -0.25) is 4.79 Å². The summed E-state index contributed by atoms with van der Waals surface area (Å²) in [5.41, 5.74) is 5.55. The Morgan fingerprint density at radius 3 is 2.47 bits per heavy atom. The SMILES string of the molecule is CN(C)C(=O)C[C@H]1C[C@@H](CCN)OC(C)(C)O1. The summed E-state index contributed by atoms with van der Waals surface area (Å²) in [5.74, 6) is -0.547. The van der Waals surface area contributed by atoms with Gasteiger partial charge >= 0.3 is 0 Å². The van der Waals surface area contributed by atoms with Crippen LogP contribution in [0.15, 0.2) is 0 Å². The van der Waals surface area contributed by atoms with Crippen LogP contribution in [-0.4, -0.2) is 49.4 Å². The van der Waals surface area contributed by atoms with Crippen LogP contribution in [0.1, 0.15) is 33.1 Å². The fraction of sp³-hybridized carbons (Fsp3) is 0.917. The Labute approximate surface area is 103 Å². The highest BCUT2D eigenvalue weighted by molar-refractivity contribution is 5.76. The first-order chi connectivity index (χ1) is 7.84. The van der Waals surface area contributed by atoms with Crippen molar-refractivity contribution >= 4 is 5.91 Å². The van der Waals surface area contributed by atoms with Crippen LogP contribution in [0.3, 0.4) is 0 Å². The molecular formula is C12H24N2O3. The van der Waals surface area contributed by atoms with Crippen LogP contribution in [0.2, 0.25) is 0 Å². The van der Waals surface area contributed by atoms with Crippen LogP contribution in [0, 0.1) is 0 Å². The Balaban J connectivity index is 2.57. The van der Waals surface area contributed by atoms with Gasteiger partial charge in [0.15, 0.2) is 5.79 Å². The summed E-state index contributed by atoms with van der Waals surface area (Å²) >= 11 is 0. The third-order valence-electron chi connectivity index (χ3n) is 2.82. The summed E-state index contributed by atoms with van der Waals surface area (Å²) in [5, 5.41) is 0. The standard InChI is InChI=1S/C12H24N2O3/c1-12(2)16-9(5-6-13)7-10(17-12)8-11(15)14(3)4/h9-10H,5-8,13H2,1-4H3/t9-,10-/m1/s1. The van der Waals surface area contributed by atoms with E-state index in [0.717, 1.165) is 12.8 Å². The molecule has 0 aromatic rings. The van der Waals surface area contributed by atoms with E-state index < -0.39 is 5.79 Å². The van der Waals surface area contributed by atoms with Gasteiger partial charge in [0.05, 0.1) is 18.6 Å². The van der Waals surface area contributed by atoms with E-state index in [0.29, 0.717) is 13.0 Å². The van der Waals surface area contributed by atoms with Crippen molar-refractivity contribution in [2.75, 3.05) is 20.6 Å². The maximum Gasteiger partial charge on any atom is 0.224 e. The van der Waals surface area contributed by atoms with E-state index in [2.05, 4.69) is 0 Å². The van der Waals surface area contributed by atoms with Gasteiger partial charge in [0.2, 0.25) is 5.91 Å². The van der Waals surface area contributed by atoms with Crippen molar-refractivity contribution in [3.8, 4) is 0 Å². The van der Waals surface area contributed by atoms with Crippen LogP contribution in [0.25, 0.3) is 0 Å². The first-order valence-electron chi connectivity index (χ1n) is 6.10. The minimum Gasteiger partial charge on any atom is -0.349 e. The summed E-state index contributed by atoms with van der Waals surface area (Å²) in [4.78, 5) is 13.3. The highest BCUT2D eigenvalue weighted by Gasteiger charge is 2.36. The number of hydrogen-bond acceptors (Lipinski definition) is 4. The lowest BCUT2D eigenvalue weighted by Crippen LogP contribution is -2.46. The molecule has 1 rings (SSSR count). The number of amides is 1. The Morgan fingerprint density at radius 2 is 1.94 bits per heavy atom. The Bertz CT molecular complexity index is 266. The number of ether oxygens (including phenoxy) is 2. The van der Waals surface area contributed by atoms with E-state index in [1.807, 2.05) is 13.8 Å². The summed E-state index contributed by atoms with van der Waals surface area (Å²) in [6.45, 7) is 4.35. The maximum atomic E-state index is 11.7. The molecule has 0 spiro atoms. The van der Waals surface area contributed by atoms with E-state index in [1.165, 1.54) is 0 Å². The lowest BCUT2D eigenvalue weighted by atomic mass is 10.0. The zero-order valence-corrected chi connectivity index (χ0v) is 11.2. The molecule has 2 N–H and O–H groups in total. The second-order valence-electron chi connectivity index (χ2n) is 5.18. The van der Waals surface area contributed by atoms with Crippen molar-refractivity contribution in [2.45, 2.75) is 51.1 Å². The van der Waals surface area contributed by atoms with Gasteiger partial charge in [0.25, 0.3) is 0 Å². The number of carbonyl (C=O) groups is 1. The van der Waals surface area contributed by atoms with Crippen molar-refractivity contribution in [1.29, 1.82) is 0 Å². The zero-order valence-electron chi connectivity index (χ0n) is 11.2. The number of nitrogens with two attached hydrogens (primary N) is 1. The first kappa shape index (κ1) is 14.4. The Morgan fingerprint density at radius 1 is 1.35 bits per heavy atom. The highest BCUT2D eigenvalue weighted by Crippen LogP contribution is 2.29. The van der Waals surface area contributed by atoms with Gasteiger partial charge in [-0.1, -0.05) is 0 Å². The van der Waals surface area contributed by atoms with E-state index in [4.69, 9.17) is 15.2 Å². The molecule has 1 fully saturated rings. The molecule has 1 heterocycles. The number of nitrogens with zero attached hydrogens (tertiary/aromatic N) is 1. The number of hydrogen-bond donors (Lipinski definition) is 1. The topological polar surface area (TPSA) is 64.8 Å². The van der Waals surface area contributed by atoms with E-state index in [9.17, 15) is 4.79 Å². The summed E-state index contributed by atoms with van der Waals surface area (Å²) < 4.78 is 11.5. The predicted octanol–water partition coefficient (Wildman–Crippen LogP) is 0.724. The number of carbonyl (C=O) groups excluding carboxylic acids is 1. The largest absolute Gasteiger partial charge is 0.349 e. The third kappa shape index (κ3) is 4.61.